The van der Waals surface area contributed by atoms with Crippen molar-refractivity contribution in [2.75, 3.05) is 45.2 Å². The van der Waals surface area contributed by atoms with Crippen LogP contribution in [0, 0.1) is 0 Å². The molecule has 0 radical (unpaired) electrons. The molecular weight excluding hydrogens is 340 g/mol. The molecule has 2 atom stereocenters. The summed E-state index contributed by atoms with van der Waals surface area (Å²) >= 11 is 0. The molecule has 8 heteroatoms. The fourth-order valence-electron chi connectivity index (χ4n) is 2.71. The van der Waals surface area contributed by atoms with Gasteiger partial charge in [0.15, 0.2) is 11.8 Å². The number of piperazine rings is 1. The fourth-order valence-corrected chi connectivity index (χ4v) is 2.71. The normalized spacial score (nSPS) is 33.9. The number of ether oxygens (including phenoxy) is 3. The van der Waals surface area contributed by atoms with Crippen molar-refractivity contribution in [3.8, 4) is 11.5 Å². The lowest BCUT2D eigenvalue weighted by Gasteiger charge is -2.38. The van der Waals surface area contributed by atoms with Gasteiger partial charge in [-0.2, -0.15) is 0 Å². The third-order valence-corrected chi connectivity index (χ3v) is 4.03. The smallest absolute Gasteiger partial charge is 0.345 e. The number of rotatable bonds is 4. The second-order valence-corrected chi connectivity index (χ2v) is 5.91. The van der Waals surface area contributed by atoms with Crippen molar-refractivity contribution in [3.63, 3.8) is 0 Å². The number of esters is 1. The molecule has 2 aliphatic rings. The molecule has 142 valence electrons. The Kier molecular flexibility index (Phi) is 3.42. The molecule has 2 unspecified atom stereocenters. The summed E-state index contributed by atoms with van der Waals surface area (Å²) in [4.78, 5) is 27.5. The summed E-state index contributed by atoms with van der Waals surface area (Å²) in [5.74, 6) is -4.04. The molecule has 8 nitrogen and oxygen atoms in total. The zero-order valence-electron chi connectivity index (χ0n) is 20.7. The molecule has 2 aliphatic heterocycles. The minimum absolute atomic E-state index is 0.0573. The Morgan fingerprint density at radius 1 is 1.38 bits per heavy atom. The van der Waals surface area contributed by atoms with Crippen LogP contribution in [0.4, 0.5) is 5.69 Å². The van der Waals surface area contributed by atoms with Crippen LogP contribution in [0.5, 0.6) is 11.5 Å². The predicted octanol–water partition coefficient (Wildman–Crippen LogP) is 1.29. The van der Waals surface area contributed by atoms with Gasteiger partial charge in [0.2, 0.25) is 0 Å². The van der Waals surface area contributed by atoms with Crippen LogP contribution in [0.2, 0.25) is 0 Å². The molecule has 0 bridgehead atoms. The van der Waals surface area contributed by atoms with Gasteiger partial charge in [-0.25, -0.2) is 4.79 Å². The van der Waals surface area contributed by atoms with E-state index in [-0.39, 0.29) is 17.5 Å². The highest BCUT2D eigenvalue weighted by atomic mass is 16.6. The SMILES string of the molecule is [2H]c1c(OC)c([2H])c2c(c1N1CCN(C)CC1)OC([2H])(C(=O)O)C([2H])([2H])C2([2H])OC(C)=O. The van der Waals surface area contributed by atoms with Crippen LogP contribution in [0.1, 0.15) is 33.2 Å². The van der Waals surface area contributed by atoms with Crippen LogP contribution in [-0.2, 0) is 14.3 Å². The Balaban J connectivity index is 2.43. The Hall–Kier alpha value is -2.48. The van der Waals surface area contributed by atoms with Gasteiger partial charge >= 0.3 is 11.9 Å². The highest BCUT2D eigenvalue weighted by Gasteiger charge is 2.37. The summed E-state index contributed by atoms with van der Waals surface area (Å²) in [7, 11) is 3.08. The van der Waals surface area contributed by atoms with Crippen molar-refractivity contribution in [1.29, 1.82) is 0 Å². The Morgan fingerprint density at radius 3 is 2.65 bits per heavy atom. The van der Waals surface area contributed by atoms with Gasteiger partial charge in [-0.15, -0.1) is 0 Å². The molecule has 0 saturated carbocycles. The molecule has 0 spiro atoms. The van der Waals surface area contributed by atoms with E-state index in [1.54, 1.807) is 4.90 Å². The third-order valence-electron chi connectivity index (χ3n) is 4.03. The quantitative estimate of drug-likeness (QED) is 0.793. The molecule has 0 amide bonds. The Bertz CT molecular complexity index is 970. The second-order valence-electron chi connectivity index (χ2n) is 5.91. The van der Waals surface area contributed by atoms with Crippen molar-refractivity contribution >= 4 is 17.6 Å². The molecule has 1 saturated heterocycles. The lowest BCUT2D eigenvalue weighted by molar-refractivity contribution is -0.156. The number of anilines is 1. The molecule has 1 fully saturated rings. The lowest BCUT2D eigenvalue weighted by atomic mass is 9.96. The first kappa shape index (κ1) is 12.0. The number of benzene rings is 1. The minimum Gasteiger partial charge on any atom is -0.497 e. The van der Waals surface area contributed by atoms with Gasteiger partial charge < -0.3 is 29.1 Å². The van der Waals surface area contributed by atoms with E-state index in [9.17, 15) is 14.7 Å². The number of hydrogen-bond donors (Lipinski definition) is 1. The Labute approximate surface area is 160 Å². The number of aliphatic carboxylic acids is 1. The van der Waals surface area contributed by atoms with Crippen molar-refractivity contribution in [2.45, 2.75) is 25.5 Å². The van der Waals surface area contributed by atoms with Crippen LogP contribution in [0.15, 0.2) is 12.1 Å². The maximum absolute atomic E-state index is 12.0. The first-order chi connectivity index (χ1) is 14.7. The second kappa shape index (κ2) is 7.41. The molecular formula is C18H24N2O6. The van der Waals surface area contributed by atoms with E-state index in [2.05, 4.69) is 0 Å². The summed E-state index contributed by atoms with van der Waals surface area (Å²) in [6.07, 6.45) is -10.0. The van der Waals surface area contributed by atoms with Crippen LogP contribution in [-0.4, -0.2) is 68.4 Å². The van der Waals surface area contributed by atoms with E-state index >= 15 is 0 Å². The maximum Gasteiger partial charge on any atom is 0.345 e. The van der Waals surface area contributed by atoms with Gasteiger partial charge in [0.25, 0.3) is 0 Å². The number of carboxylic acids is 1. The highest BCUT2D eigenvalue weighted by Crippen LogP contribution is 2.46. The van der Waals surface area contributed by atoms with Crippen molar-refractivity contribution in [1.82, 2.24) is 4.90 Å². The fraction of sp³-hybridized carbons (Fsp3) is 0.556. The van der Waals surface area contributed by atoms with Crippen LogP contribution < -0.4 is 14.4 Å². The summed E-state index contributed by atoms with van der Waals surface area (Å²) in [5, 5.41) is 9.69. The number of carbonyl (C=O) groups excluding carboxylic acids is 1. The van der Waals surface area contributed by atoms with E-state index in [4.69, 9.17) is 22.4 Å². The molecule has 1 aromatic carbocycles. The molecule has 2 heterocycles. The van der Waals surface area contributed by atoms with Gasteiger partial charge in [-0.05, 0) is 13.1 Å². The minimum atomic E-state index is -3.45. The summed E-state index contributed by atoms with van der Waals surface area (Å²) in [6.45, 7) is 2.77. The Morgan fingerprint density at radius 2 is 2.08 bits per heavy atom. The first-order valence-electron chi connectivity index (χ1n) is 11.0. The third kappa shape index (κ3) is 3.70. The number of carboxylic acid groups (broad SMARTS) is 1. The number of carbonyl (C=O) groups is 2. The van der Waals surface area contributed by atoms with E-state index in [1.807, 2.05) is 11.9 Å². The number of fused-ring (bicyclic) bond motifs is 1. The average molecular weight is 370 g/mol. The summed E-state index contributed by atoms with van der Waals surface area (Å²) in [5.41, 5.74) is -0.679. The molecule has 0 aromatic heterocycles. The zero-order valence-corrected chi connectivity index (χ0v) is 14.7. The van der Waals surface area contributed by atoms with E-state index in [0.717, 1.165) is 6.92 Å². The van der Waals surface area contributed by atoms with Gasteiger partial charge in [0.1, 0.15) is 11.8 Å². The van der Waals surface area contributed by atoms with Crippen LogP contribution in [0.3, 0.4) is 0 Å². The molecule has 1 N–H and O–H groups in total. The number of likely N-dealkylation sites (N-methyl/N-ethyl adjacent to an activating group) is 1. The number of methoxy groups -OCH3 is 1. The van der Waals surface area contributed by atoms with Gasteiger partial charge in [0, 0.05) is 53.8 Å². The van der Waals surface area contributed by atoms with Gasteiger partial charge in [0.05, 0.1) is 18.3 Å². The van der Waals surface area contributed by atoms with Gasteiger partial charge in [-0.3, -0.25) is 4.79 Å². The van der Waals surface area contributed by atoms with Crippen molar-refractivity contribution in [3.05, 3.63) is 17.6 Å². The standard InChI is InChI=1S/C18H24N2O6/c1-11(21)25-15-10-16(18(22)23)26-17-13(15)8-12(24-3)9-14(17)20-6-4-19(2)5-7-20/h8-9,15-16H,4-7,10H2,1-3H3,(H,22,23)/i8D,9D,10D2,15D,16D. The van der Waals surface area contributed by atoms with Crippen LogP contribution >= 0.6 is 0 Å². The predicted molar refractivity (Wildman–Crippen MR) is 93.9 cm³/mol. The average Bonchev–Trinajstić information content (AvgIpc) is 2.67. The zero-order chi connectivity index (χ0) is 24.2. The highest BCUT2D eigenvalue weighted by molar-refractivity contribution is 5.76. The van der Waals surface area contributed by atoms with E-state index < -0.39 is 47.8 Å². The number of nitrogens with zero attached hydrogens (tertiary/aromatic N) is 2. The summed E-state index contributed by atoms with van der Waals surface area (Å²) in [6, 6.07) is -1.01. The monoisotopic (exact) mass is 370 g/mol. The number of hydrogen-bond acceptors (Lipinski definition) is 7. The van der Waals surface area contributed by atoms with Gasteiger partial charge in [-0.1, -0.05) is 0 Å². The first-order valence-corrected chi connectivity index (χ1v) is 8.00. The maximum atomic E-state index is 12.0. The topological polar surface area (TPSA) is 88.5 Å². The molecule has 1 aromatic rings. The van der Waals surface area contributed by atoms with Crippen molar-refractivity contribution in [2.24, 2.45) is 0 Å². The van der Waals surface area contributed by atoms with E-state index in [1.165, 1.54) is 7.11 Å². The van der Waals surface area contributed by atoms with E-state index in [0.29, 0.717) is 26.2 Å². The van der Waals surface area contributed by atoms with Crippen molar-refractivity contribution < 1.29 is 37.1 Å². The lowest BCUT2D eigenvalue weighted by Crippen LogP contribution is -2.45. The van der Waals surface area contributed by atoms with Crippen LogP contribution in [0.25, 0.3) is 0 Å². The molecule has 0 aliphatic carbocycles. The largest absolute Gasteiger partial charge is 0.497 e. The molecule has 3 rings (SSSR count). The molecule has 26 heavy (non-hydrogen) atoms. The summed E-state index contributed by atoms with van der Waals surface area (Å²) < 4.78 is 66.3.